The van der Waals surface area contributed by atoms with E-state index in [1.165, 1.54) is 0 Å². The number of aliphatic hydroxyl groups is 5. The summed E-state index contributed by atoms with van der Waals surface area (Å²) in [6.45, 7) is 0.212. The molecule has 0 spiro atoms. The molecule has 0 saturated carbocycles. The minimum atomic E-state index is -2.86. The SMILES string of the molecule is CC(=O)OO[C@@]1(O)O[C@H](CO)[C@@H](O)[C@H](O)[C@H]1O. The van der Waals surface area contributed by atoms with Gasteiger partial charge in [0.05, 0.1) is 6.61 Å². The normalized spacial score (nSPS) is 42.2. The van der Waals surface area contributed by atoms with E-state index in [9.17, 15) is 25.2 Å². The molecule has 5 atom stereocenters. The van der Waals surface area contributed by atoms with E-state index in [1.54, 1.807) is 0 Å². The van der Waals surface area contributed by atoms with Gasteiger partial charge in [0, 0.05) is 6.92 Å². The topological polar surface area (TPSA) is 146 Å². The highest BCUT2D eigenvalue weighted by Gasteiger charge is 2.55. The van der Waals surface area contributed by atoms with E-state index in [4.69, 9.17) is 5.11 Å². The first-order chi connectivity index (χ1) is 7.81. The third-order valence-electron chi connectivity index (χ3n) is 2.21. The van der Waals surface area contributed by atoms with E-state index < -0.39 is 43.0 Å². The van der Waals surface area contributed by atoms with E-state index in [2.05, 4.69) is 14.5 Å². The lowest BCUT2D eigenvalue weighted by Gasteiger charge is -2.42. The number of aliphatic hydroxyl groups excluding tert-OH is 4. The molecule has 0 bridgehead atoms. The van der Waals surface area contributed by atoms with Crippen molar-refractivity contribution in [2.45, 2.75) is 37.3 Å². The first kappa shape index (κ1) is 14.3. The molecule has 1 heterocycles. The van der Waals surface area contributed by atoms with Gasteiger partial charge in [0.1, 0.15) is 18.3 Å². The maximum Gasteiger partial charge on any atom is 0.350 e. The van der Waals surface area contributed by atoms with Crippen molar-refractivity contribution in [3.8, 4) is 0 Å². The van der Waals surface area contributed by atoms with Crippen molar-refractivity contribution in [3.05, 3.63) is 0 Å². The molecule has 1 aliphatic rings. The predicted octanol–water partition coefficient (Wildman–Crippen LogP) is -3.40. The molecule has 100 valence electrons. The third kappa shape index (κ3) is 2.90. The number of ether oxygens (including phenoxy) is 1. The molecule has 1 saturated heterocycles. The van der Waals surface area contributed by atoms with E-state index in [0.29, 0.717) is 0 Å². The fourth-order valence-electron chi connectivity index (χ4n) is 1.31. The molecule has 1 aliphatic heterocycles. The van der Waals surface area contributed by atoms with Crippen LogP contribution in [0.1, 0.15) is 6.92 Å². The Morgan fingerprint density at radius 1 is 1.35 bits per heavy atom. The lowest BCUT2D eigenvalue weighted by atomic mass is 9.98. The Balaban J connectivity index is 2.79. The standard InChI is InChI=1S/C8H14O9/c1-3(10)16-17-8(14)7(13)6(12)5(11)4(2-9)15-8/h4-7,9,11-14H,2H2,1H3/t4-,5-,6+,7-,8+/m1/s1. The largest absolute Gasteiger partial charge is 0.394 e. The van der Waals surface area contributed by atoms with Crippen LogP contribution in [-0.2, 0) is 19.3 Å². The van der Waals surface area contributed by atoms with Gasteiger partial charge in [0.25, 0.3) is 0 Å². The van der Waals surface area contributed by atoms with Crippen molar-refractivity contribution in [1.29, 1.82) is 0 Å². The van der Waals surface area contributed by atoms with Crippen molar-refractivity contribution in [3.63, 3.8) is 0 Å². The van der Waals surface area contributed by atoms with Gasteiger partial charge in [-0.15, -0.1) is 4.89 Å². The summed E-state index contributed by atoms with van der Waals surface area (Å²) in [5.74, 6) is -3.80. The first-order valence-electron chi connectivity index (χ1n) is 4.73. The van der Waals surface area contributed by atoms with Crippen molar-refractivity contribution >= 4 is 5.97 Å². The highest BCUT2D eigenvalue weighted by molar-refractivity contribution is 5.65. The Labute approximate surface area is 95.7 Å². The maximum atomic E-state index is 10.5. The Kier molecular flexibility index (Phi) is 4.38. The average molecular weight is 254 g/mol. The van der Waals surface area contributed by atoms with E-state index in [-0.39, 0.29) is 0 Å². The van der Waals surface area contributed by atoms with Crippen molar-refractivity contribution in [1.82, 2.24) is 0 Å². The van der Waals surface area contributed by atoms with E-state index in [0.717, 1.165) is 6.92 Å². The van der Waals surface area contributed by atoms with Gasteiger partial charge in [-0.1, -0.05) is 0 Å². The minimum Gasteiger partial charge on any atom is -0.394 e. The number of hydrogen-bond acceptors (Lipinski definition) is 9. The van der Waals surface area contributed by atoms with Gasteiger partial charge in [-0.25, -0.2) is 4.79 Å². The summed E-state index contributed by atoms with van der Waals surface area (Å²) >= 11 is 0. The molecule has 1 rings (SSSR count). The second kappa shape index (κ2) is 5.23. The van der Waals surface area contributed by atoms with Crippen LogP contribution in [0.4, 0.5) is 0 Å². The lowest BCUT2D eigenvalue weighted by Crippen LogP contribution is -2.66. The maximum absolute atomic E-state index is 10.5. The first-order valence-corrected chi connectivity index (χ1v) is 4.73. The summed E-state index contributed by atoms with van der Waals surface area (Å²) < 4.78 is 4.61. The number of hydrogen-bond donors (Lipinski definition) is 5. The molecular weight excluding hydrogens is 240 g/mol. The quantitative estimate of drug-likeness (QED) is 0.197. The summed E-state index contributed by atoms with van der Waals surface area (Å²) in [5.41, 5.74) is 0. The van der Waals surface area contributed by atoms with Gasteiger partial charge in [-0.2, -0.15) is 0 Å². The number of rotatable bonds is 3. The molecule has 9 nitrogen and oxygen atoms in total. The lowest BCUT2D eigenvalue weighted by molar-refractivity contribution is -0.528. The van der Waals surface area contributed by atoms with Crippen LogP contribution in [0.2, 0.25) is 0 Å². The summed E-state index contributed by atoms with van der Waals surface area (Å²) in [4.78, 5) is 18.6. The van der Waals surface area contributed by atoms with E-state index >= 15 is 0 Å². The molecule has 1 fully saturated rings. The summed E-state index contributed by atoms with van der Waals surface area (Å²) in [5, 5.41) is 46.6. The predicted molar refractivity (Wildman–Crippen MR) is 47.8 cm³/mol. The van der Waals surface area contributed by atoms with Gasteiger partial charge in [-0.05, 0) is 0 Å². The molecule has 0 aliphatic carbocycles. The minimum absolute atomic E-state index is 0.753. The van der Waals surface area contributed by atoms with E-state index in [1.807, 2.05) is 0 Å². The zero-order valence-electron chi connectivity index (χ0n) is 8.89. The van der Waals surface area contributed by atoms with Crippen LogP contribution in [0.25, 0.3) is 0 Å². The molecule has 0 unspecified atom stereocenters. The molecular formula is C8H14O9. The molecule has 0 aromatic heterocycles. The molecule has 9 heteroatoms. The Morgan fingerprint density at radius 3 is 2.41 bits per heavy atom. The molecule has 0 aromatic rings. The van der Waals surface area contributed by atoms with Crippen LogP contribution < -0.4 is 0 Å². The fraction of sp³-hybridized carbons (Fsp3) is 0.875. The number of carbonyl (C=O) groups excluding carboxylic acids is 1. The van der Waals surface area contributed by atoms with Crippen LogP contribution in [0.3, 0.4) is 0 Å². The summed E-state index contributed by atoms with van der Waals surface area (Å²) in [6.07, 6.45) is -6.97. The van der Waals surface area contributed by atoms with Gasteiger partial charge >= 0.3 is 11.9 Å². The van der Waals surface area contributed by atoms with Crippen molar-refractivity contribution in [2.24, 2.45) is 0 Å². The van der Waals surface area contributed by atoms with Crippen LogP contribution in [0, 0.1) is 0 Å². The fourth-order valence-corrected chi connectivity index (χ4v) is 1.31. The molecule has 0 aromatic carbocycles. The Hall–Kier alpha value is -0.810. The third-order valence-corrected chi connectivity index (χ3v) is 2.21. The average Bonchev–Trinajstić information content (AvgIpc) is 2.29. The highest BCUT2D eigenvalue weighted by atomic mass is 17.3. The Bertz CT molecular complexity index is 280. The summed E-state index contributed by atoms with van der Waals surface area (Å²) in [7, 11) is 0. The summed E-state index contributed by atoms with van der Waals surface area (Å²) in [6, 6.07) is 0. The number of carbonyl (C=O) groups is 1. The van der Waals surface area contributed by atoms with Crippen LogP contribution in [-0.4, -0.2) is 68.5 Å². The van der Waals surface area contributed by atoms with Gasteiger partial charge in [-0.3, -0.25) is 4.89 Å². The van der Waals surface area contributed by atoms with Gasteiger partial charge in [0.15, 0.2) is 6.10 Å². The van der Waals surface area contributed by atoms with Crippen LogP contribution in [0.5, 0.6) is 0 Å². The Morgan fingerprint density at radius 2 is 1.94 bits per heavy atom. The molecule has 0 radical (unpaired) electrons. The second-order valence-electron chi connectivity index (χ2n) is 3.55. The zero-order chi connectivity index (χ0) is 13.2. The monoisotopic (exact) mass is 254 g/mol. The van der Waals surface area contributed by atoms with Crippen LogP contribution in [0.15, 0.2) is 0 Å². The molecule has 0 amide bonds. The van der Waals surface area contributed by atoms with Gasteiger partial charge in [0.2, 0.25) is 0 Å². The zero-order valence-corrected chi connectivity index (χ0v) is 8.89. The second-order valence-corrected chi connectivity index (χ2v) is 3.55. The van der Waals surface area contributed by atoms with Crippen LogP contribution >= 0.6 is 0 Å². The molecule has 17 heavy (non-hydrogen) atoms. The molecule has 5 N–H and O–H groups in total. The van der Waals surface area contributed by atoms with Gasteiger partial charge < -0.3 is 30.3 Å². The van der Waals surface area contributed by atoms with Crippen molar-refractivity contribution in [2.75, 3.05) is 6.61 Å². The van der Waals surface area contributed by atoms with Crippen molar-refractivity contribution < 1.29 is 44.8 Å². The highest BCUT2D eigenvalue weighted by Crippen LogP contribution is 2.29. The smallest absolute Gasteiger partial charge is 0.350 e.